The fourth-order valence-electron chi connectivity index (χ4n) is 5.26. The highest BCUT2D eigenvalue weighted by atomic mass is 19.3. The molecular formula is C29H43F2N11O4. The van der Waals surface area contributed by atoms with Gasteiger partial charge in [0.05, 0.1) is 18.8 Å². The van der Waals surface area contributed by atoms with Crippen LogP contribution < -0.4 is 26.6 Å². The summed E-state index contributed by atoms with van der Waals surface area (Å²) in [4.78, 5) is 58.9. The highest BCUT2D eigenvalue weighted by molar-refractivity contribution is 5.87. The van der Waals surface area contributed by atoms with E-state index in [1.165, 1.54) is 6.20 Å². The molecule has 0 saturated carbocycles. The van der Waals surface area contributed by atoms with Crippen LogP contribution in [0.1, 0.15) is 51.1 Å². The van der Waals surface area contributed by atoms with Crippen LogP contribution in [0, 0.1) is 5.92 Å². The minimum absolute atomic E-state index is 0.0208. The van der Waals surface area contributed by atoms with E-state index in [0.717, 1.165) is 45.2 Å². The second-order valence-corrected chi connectivity index (χ2v) is 10.6. The number of carbonyl (C=O) groups is 3. The van der Waals surface area contributed by atoms with E-state index < -0.39 is 12.1 Å². The second kappa shape index (κ2) is 19.1. The van der Waals surface area contributed by atoms with E-state index in [1.54, 1.807) is 12.2 Å². The van der Waals surface area contributed by atoms with Gasteiger partial charge in [-0.3, -0.25) is 14.4 Å². The first-order chi connectivity index (χ1) is 22.3. The Kier molecular flexibility index (Phi) is 14.9. The molecule has 0 aromatic carbocycles. The summed E-state index contributed by atoms with van der Waals surface area (Å²) in [5.74, 6) is 1.03. The molecule has 0 aliphatic carbocycles. The number of nitrogens with zero attached hydrogens (tertiary/aromatic N) is 8. The van der Waals surface area contributed by atoms with Crippen LogP contribution in [0.5, 0.6) is 0 Å². The number of hydrogen-bond acceptors (Lipinski definition) is 12. The standard InChI is InChI=1S/C28H40F2N10O3.CH3NO/c1-2-5-22(42)38-11-7-20(8-12-38)6-3-4-10-39(13-9-32-19-41)27-35-25(21-18-33-26(31)34-23(21)24(29)30)36-28(37-27)40-14-16-43-17-15-40;2-1-3/h2,5,18-20,24H,3-4,6-17H2,1H3,(H,32,41)(H2,31,33,34);1H,(H2,2,3)/b5-2+;. The maximum Gasteiger partial charge on any atom is 0.281 e. The summed E-state index contributed by atoms with van der Waals surface area (Å²) in [6, 6.07) is 0. The number of likely N-dealkylation sites (tertiary alicyclic amines) is 1. The Balaban J connectivity index is 0.00000185. The Morgan fingerprint density at radius 1 is 1.11 bits per heavy atom. The van der Waals surface area contributed by atoms with Crippen molar-refractivity contribution in [2.45, 2.75) is 45.5 Å². The van der Waals surface area contributed by atoms with E-state index in [-0.39, 0.29) is 29.7 Å². The first kappa shape index (κ1) is 35.9. The van der Waals surface area contributed by atoms with E-state index in [1.807, 2.05) is 21.6 Å². The highest BCUT2D eigenvalue weighted by Gasteiger charge is 2.25. The summed E-state index contributed by atoms with van der Waals surface area (Å²) in [6.07, 6.45) is 7.35. The Morgan fingerprint density at radius 2 is 1.83 bits per heavy atom. The Bertz CT molecular complexity index is 1290. The minimum atomic E-state index is -2.91. The number of nitrogens with one attached hydrogen (secondary N) is 1. The third-order valence-electron chi connectivity index (χ3n) is 7.61. The largest absolute Gasteiger partial charge is 0.378 e. The van der Waals surface area contributed by atoms with Gasteiger partial charge in [-0.2, -0.15) is 15.0 Å². The SMILES string of the molecule is C/C=C/C(=O)N1CCC(CCCCN(CCNC=O)c2nc(-c3cnc(N)nc3C(F)F)nc(N3CCOCC3)n2)CC1.NC=O. The molecule has 0 bridgehead atoms. The molecule has 4 heterocycles. The van der Waals surface area contributed by atoms with Crippen molar-refractivity contribution in [3.05, 3.63) is 24.0 Å². The average Bonchev–Trinajstić information content (AvgIpc) is 3.06. The lowest BCUT2D eigenvalue weighted by Gasteiger charge is -2.31. The van der Waals surface area contributed by atoms with Crippen LogP contribution in [0.3, 0.4) is 0 Å². The van der Waals surface area contributed by atoms with Crippen molar-refractivity contribution in [1.82, 2.24) is 35.1 Å². The van der Waals surface area contributed by atoms with Crippen LogP contribution in [-0.2, 0) is 19.1 Å². The quantitative estimate of drug-likeness (QED) is 0.151. The average molecular weight is 648 g/mol. The molecule has 15 nitrogen and oxygen atoms in total. The van der Waals surface area contributed by atoms with Gasteiger partial charge in [0.25, 0.3) is 6.43 Å². The number of morpholine rings is 1. The number of rotatable bonds is 14. The van der Waals surface area contributed by atoms with Crippen LogP contribution in [0.2, 0.25) is 0 Å². The molecule has 4 rings (SSSR count). The third kappa shape index (κ3) is 10.8. The second-order valence-electron chi connectivity index (χ2n) is 10.6. The number of piperidine rings is 1. The lowest BCUT2D eigenvalue weighted by Crippen LogP contribution is -2.39. The van der Waals surface area contributed by atoms with Gasteiger partial charge >= 0.3 is 0 Å². The van der Waals surface area contributed by atoms with Gasteiger partial charge in [0, 0.05) is 52.0 Å². The first-order valence-corrected chi connectivity index (χ1v) is 15.3. The normalized spacial score (nSPS) is 15.4. The van der Waals surface area contributed by atoms with E-state index in [0.29, 0.717) is 70.2 Å². The molecule has 0 atom stereocenters. The van der Waals surface area contributed by atoms with Crippen LogP contribution in [0.15, 0.2) is 18.3 Å². The van der Waals surface area contributed by atoms with Gasteiger partial charge in [0.15, 0.2) is 5.82 Å². The molecular weight excluding hydrogens is 604 g/mol. The summed E-state index contributed by atoms with van der Waals surface area (Å²) < 4.78 is 33.4. The van der Waals surface area contributed by atoms with Gasteiger partial charge in [-0.1, -0.05) is 18.9 Å². The number of anilines is 3. The molecule has 0 radical (unpaired) electrons. The number of aromatic nitrogens is 5. The van der Waals surface area contributed by atoms with Gasteiger partial charge in [-0.25, -0.2) is 18.7 Å². The lowest BCUT2D eigenvalue weighted by atomic mass is 9.91. The molecule has 0 unspecified atom stereocenters. The van der Waals surface area contributed by atoms with Crippen molar-refractivity contribution in [3.63, 3.8) is 0 Å². The van der Waals surface area contributed by atoms with Gasteiger partial charge in [0.1, 0.15) is 5.69 Å². The summed E-state index contributed by atoms with van der Waals surface area (Å²) in [5.41, 5.74) is 9.19. The zero-order valence-corrected chi connectivity index (χ0v) is 26.1. The highest BCUT2D eigenvalue weighted by Crippen LogP contribution is 2.30. The van der Waals surface area contributed by atoms with Gasteiger partial charge in [-0.05, 0) is 38.2 Å². The number of ether oxygens (including phenoxy) is 1. The topological polar surface area (TPSA) is 199 Å². The fourth-order valence-corrected chi connectivity index (χ4v) is 5.26. The summed E-state index contributed by atoms with van der Waals surface area (Å²) in [5, 5.41) is 2.68. The number of carbonyl (C=O) groups excluding carboxylic acids is 3. The predicted molar refractivity (Wildman–Crippen MR) is 168 cm³/mol. The van der Waals surface area contributed by atoms with E-state index in [9.17, 15) is 18.4 Å². The Morgan fingerprint density at radius 3 is 2.48 bits per heavy atom. The maximum absolute atomic E-state index is 13.9. The Labute approximate surface area is 266 Å². The molecule has 17 heteroatoms. The number of primary amides is 1. The van der Waals surface area contributed by atoms with Crippen molar-refractivity contribution in [1.29, 1.82) is 0 Å². The van der Waals surface area contributed by atoms with Crippen LogP contribution >= 0.6 is 0 Å². The number of halogens is 2. The Hall–Kier alpha value is -4.54. The lowest BCUT2D eigenvalue weighted by molar-refractivity contribution is -0.127. The van der Waals surface area contributed by atoms with Gasteiger partial charge in [-0.15, -0.1) is 0 Å². The molecule has 2 fully saturated rings. The van der Waals surface area contributed by atoms with Gasteiger partial charge < -0.3 is 36.2 Å². The monoisotopic (exact) mass is 647 g/mol. The molecule has 2 saturated heterocycles. The summed E-state index contributed by atoms with van der Waals surface area (Å²) >= 11 is 0. The van der Waals surface area contributed by atoms with Crippen molar-refractivity contribution < 1.29 is 27.9 Å². The van der Waals surface area contributed by atoms with Crippen LogP contribution in [0.25, 0.3) is 11.4 Å². The fraction of sp³-hybridized carbons (Fsp3) is 0.586. The molecule has 3 amide bonds. The number of amides is 3. The number of unbranched alkanes of at least 4 members (excludes halogenated alkanes) is 1. The molecule has 5 N–H and O–H groups in total. The van der Waals surface area contributed by atoms with Crippen molar-refractivity contribution in [2.24, 2.45) is 11.7 Å². The number of allylic oxidation sites excluding steroid dienone is 1. The number of nitrogen functional groups attached to an aromatic ring is 1. The molecule has 2 aromatic rings. The molecule has 2 aromatic heterocycles. The zero-order chi connectivity index (χ0) is 33.3. The predicted octanol–water partition coefficient (Wildman–Crippen LogP) is 1.32. The summed E-state index contributed by atoms with van der Waals surface area (Å²) in [7, 11) is 0. The molecule has 2 aliphatic rings. The zero-order valence-electron chi connectivity index (χ0n) is 26.1. The summed E-state index contributed by atoms with van der Waals surface area (Å²) in [6.45, 7) is 6.78. The molecule has 2 aliphatic heterocycles. The molecule has 252 valence electrons. The van der Waals surface area contributed by atoms with Gasteiger partial charge in [0.2, 0.25) is 36.6 Å². The number of nitrogens with two attached hydrogens (primary N) is 2. The molecule has 0 spiro atoms. The number of alkyl halides is 2. The molecule has 46 heavy (non-hydrogen) atoms. The van der Waals surface area contributed by atoms with E-state index in [2.05, 4.69) is 31.0 Å². The first-order valence-electron chi connectivity index (χ1n) is 15.3. The van der Waals surface area contributed by atoms with Crippen LogP contribution in [0.4, 0.5) is 26.6 Å². The van der Waals surface area contributed by atoms with Crippen molar-refractivity contribution in [2.75, 3.05) is 74.6 Å². The smallest absolute Gasteiger partial charge is 0.281 e. The van der Waals surface area contributed by atoms with Crippen molar-refractivity contribution in [3.8, 4) is 11.4 Å². The maximum atomic E-state index is 13.9. The minimum Gasteiger partial charge on any atom is -0.378 e. The third-order valence-corrected chi connectivity index (χ3v) is 7.61. The van der Waals surface area contributed by atoms with Crippen molar-refractivity contribution >= 4 is 36.6 Å². The van der Waals surface area contributed by atoms with E-state index in [4.69, 9.17) is 20.2 Å². The number of hydrogen-bond donors (Lipinski definition) is 3. The van der Waals surface area contributed by atoms with E-state index >= 15 is 0 Å². The van der Waals surface area contributed by atoms with Crippen LogP contribution in [-0.4, -0.2) is 108 Å².